The summed E-state index contributed by atoms with van der Waals surface area (Å²) in [7, 11) is 0. The molecule has 0 radical (unpaired) electrons. The Bertz CT molecular complexity index is 185. The van der Waals surface area contributed by atoms with Crippen molar-refractivity contribution in [3.05, 3.63) is 0 Å². The van der Waals surface area contributed by atoms with Crippen LogP contribution in [0.15, 0.2) is 0 Å². The van der Waals surface area contributed by atoms with Crippen molar-refractivity contribution in [3.8, 4) is 0 Å². The first kappa shape index (κ1) is 16.5. The van der Waals surface area contributed by atoms with E-state index >= 15 is 0 Å². The summed E-state index contributed by atoms with van der Waals surface area (Å²) in [5.41, 5.74) is 0. The summed E-state index contributed by atoms with van der Waals surface area (Å²) in [6, 6.07) is 0.395. The van der Waals surface area contributed by atoms with Crippen LogP contribution in [0.3, 0.4) is 0 Å². The monoisotopic (exact) mass is 241 g/mol. The van der Waals surface area contributed by atoms with Gasteiger partial charge in [-0.3, -0.25) is 4.79 Å². The van der Waals surface area contributed by atoms with Gasteiger partial charge in [0.25, 0.3) is 0 Å². The topological polar surface area (TPSA) is 29.1 Å². The highest BCUT2D eigenvalue weighted by molar-refractivity contribution is 5.78. The minimum absolute atomic E-state index is 0.178. The van der Waals surface area contributed by atoms with Gasteiger partial charge in [0.1, 0.15) is 0 Å². The van der Waals surface area contributed by atoms with Crippen LogP contribution in [0.25, 0.3) is 0 Å². The van der Waals surface area contributed by atoms with E-state index in [0.717, 1.165) is 32.1 Å². The normalized spacial score (nSPS) is 12.8. The van der Waals surface area contributed by atoms with Crippen LogP contribution in [-0.4, -0.2) is 11.9 Å². The van der Waals surface area contributed by atoms with Gasteiger partial charge in [0.05, 0.1) is 0 Å². The van der Waals surface area contributed by atoms with Gasteiger partial charge in [-0.2, -0.15) is 0 Å². The van der Waals surface area contributed by atoms with Gasteiger partial charge in [-0.25, -0.2) is 0 Å². The zero-order chi connectivity index (χ0) is 13.1. The van der Waals surface area contributed by atoms with E-state index in [1.54, 1.807) is 0 Å². The average molecular weight is 241 g/mol. The molecule has 0 saturated carbocycles. The fourth-order valence-corrected chi connectivity index (χ4v) is 2.16. The summed E-state index contributed by atoms with van der Waals surface area (Å²) in [6.07, 6.45) is 9.20. The van der Waals surface area contributed by atoms with Crippen LogP contribution < -0.4 is 5.32 Å². The Morgan fingerprint density at radius 2 is 1.53 bits per heavy atom. The zero-order valence-corrected chi connectivity index (χ0v) is 12.2. The number of amides is 1. The van der Waals surface area contributed by atoms with Crippen molar-refractivity contribution < 1.29 is 4.79 Å². The van der Waals surface area contributed by atoms with Crippen molar-refractivity contribution in [1.29, 1.82) is 0 Å². The second kappa shape index (κ2) is 10.6. The summed E-state index contributed by atoms with van der Waals surface area (Å²) in [4.78, 5) is 12.0. The second-order valence-corrected chi connectivity index (χ2v) is 5.18. The van der Waals surface area contributed by atoms with Gasteiger partial charge in [0.2, 0.25) is 5.91 Å². The maximum Gasteiger partial charge on any atom is 0.223 e. The molecule has 0 spiro atoms. The van der Waals surface area contributed by atoms with Crippen LogP contribution in [0.1, 0.15) is 79.1 Å². The second-order valence-electron chi connectivity index (χ2n) is 5.18. The molecule has 0 heterocycles. The van der Waals surface area contributed by atoms with Crippen LogP contribution in [-0.2, 0) is 4.79 Å². The highest BCUT2D eigenvalue weighted by Crippen LogP contribution is 2.11. The Morgan fingerprint density at radius 1 is 0.941 bits per heavy atom. The first-order chi connectivity index (χ1) is 8.15. The molecule has 0 aromatic carbocycles. The average Bonchev–Trinajstić information content (AvgIpc) is 2.29. The van der Waals surface area contributed by atoms with Gasteiger partial charge >= 0.3 is 0 Å². The molecule has 0 aromatic rings. The Balaban J connectivity index is 3.92. The number of carbonyl (C=O) groups excluding carboxylic acids is 1. The third-order valence-corrected chi connectivity index (χ3v) is 3.31. The lowest BCUT2D eigenvalue weighted by atomic mass is 10.0. The molecule has 17 heavy (non-hydrogen) atoms. The maximum absolute atomic E-state index is 12.0. The number of rotatable bonds is 10. The number of carbonyl (C=O) groups is 1. The molecule has 0 saturated heterocycles. The lowest BCUT2D eigenvalue weighted by molar-refractivity contribution is -0.125. The summed E-state index contributed by atoms with van der Waals surface area (Å²) < 4.78 is 0. The predicted molar refractivity (Wildman–Crippen MR) is 75.1 cm³/mol. The van der Waals surface area contributed by atoms with E-state index in [1.165, 1.54) is 19.3 Å². The molecule has 0 aromatic heterocycles. The molecule has 2 heteroatoms. The smallest absolute Gasteiger partial charge is 0.223 e. The predicted octanol–water partition coefficient (Wildman–Crippen LogP) is 4.29. The van der Waals surface area contributed by atoms with E-state index in [-0.39, 0.29) is 11.8 Å². The number of nitrogens with one attached hydrogen (secondary N) is 1. The SMILES string of the molecule is CCCCCC(C)C(=O)NC(CCC)CCC. The van der Waals surface area contributed by atoms with E-state index in [4.69, 9.17) is 0 Å². The van der Waals surface area contributed by atoms with Crippen LogP contribution in [0.5, 0.6) is 0 Å². The third kappa shape index (κ3) is 8.23. The van der Waals surface area contributed by atoms with Crippen molar-refractivity contribution >= 4 is 5.91 Å². The van der Waals surface area contributed by atoms with Gasteiger partial charge in [-0.05, 0) is 19.3 Å². The first-order valence-corrected chi connectivity index (χ1v) is 7.45. The molecule has 1 atom stereocenters. The lowest BCUT2D eigenvalue weighted by Crippen LogP contribution is -2.38. The van der Waals surface area contributed by atoms with Crippen molar-refractivity contribution in [3.63, 3.8) is 0 Å². The summed E-state index contributed by atoms with van der Waals surface area (Å²) in [6.45, 7) is 8.61. The molecule has 1 N–H and O–H groups in total. The number of hydrogen-bond acceptors (Lipinski definition) is 1. The number of unbranched alkanes of at least 4 members (excludes halogenated alkanes) is 2. The maximum atomic E-state index is 12.0. The van der Waals surface area contributed by atoms with E-state index < -0.39 is 0 Å². The molecule has 0 bridgehead atoms. The Morgan fingerprint density at radius 3 is 2.00 bits per heavy atom. The standard InChI is InChI=1S/C15H31NO/c1-5-8-9-12-13(4)15(17)16-14(10-6-2)11-7-3/h13-14H,5-12H2,1-4H3,(H,16,17). The molecule has 1 amide bonds. The molecule has 1 unspecified atom stereocenters. The van der Waals surface area contributed by atoms with Gasteiger partial charge in [0.15, 0.2) is 0 Å². The molecule has 0 aliphatic carbocycles. The largest absolute Gasteiger partial charge is 0.353 e. The highest BCUT2D eigenvalue weighted by atomic mass is 16.1. The fourth-order valence-electron chi connectivity index (χ4n) is 2.16. The fraction of sp³-hybridized carbons (Fsp3) is 0.933. The first-order valence-electron chi connectivity index (χ1n) is 7.45. The van der Waals surface area contributed by atoms with Crippen molar-refractivity contribution in [2.75, 3.05) is 0 Å². The molecule has 0 fully saturated rings. The van der Waals surface area contributed by atoms with Crippen molar-refractivity contribution in [2.45, 2.75) is 85.1 Å². The Hall–Kier alpha value is -0.530. The van der Waals surface area contributed by atoms with Gasteiger partial charge in [-0.15, -0.1) is 0 Å². The van der Waals surface area contributed by atoms with Crippen LogP contribution in [0.4, 0.5) is 0 Å². The lowest BCUT2D eigenvalue weighted by Gasteiger charge is -2.20. The van der Waals surface area contributed by atoms with E-state index in [1.807, 2.05) is 0 Å². The van der Waals surface area contributed by atoms with Crippen LogP contribution in [0.2, 0.25) is 0 Å². The zero-order valence-electron chi connectivity index (χ0n) is 12.2. The van der Waals surface area contributed by atoms with Crippen molar-refractivity contribution in [2.24, 2.45) is 5.92 Å². The quantitative estimate of drug-likeness (QED) is 0.568. The Kier molecular flexibility index (Phi) is 10.3. The molecule has 0 aliphatic heterocycles. The van der Waals surface area contributed by atoms with Gasteiger partial charge in [0, 0.05) is 12.0 Å². The highest BCUT2D eigenvalue weighted by Gasteiger charge is 2.16. The van der Waals surface area contributed by atoms with Crippen molar-refractivity contribution in [1.82, 2.24) is 5.32 Å². The molecule has 0 rings (SSSR count). The summed E-state index contributed by atoms with van der Waals surface area (Å²) >= 11 is 0. The minimum Gasteiger partial charge on any atom is -0.353 e. The van der Waals surface area contributed by atoms with E-state index in [0.29, 0.717) is 6.04 Å². The van der Waals surface area contributed by atoms with Crippen LogP contribution in [0, 0.1) is 5.92 Å². The van der Waals surface area contributed by atoms with Crippen LogP contribution >= 0.6 is 0 Å². The van der Waals surface area contributed by atoms with E-state index in [2.05, 4.69) is 33.0 Å². The number of hydrogen-bond donors (Lipinski definition) is 1. The minimum atomic E-state index is 0.178. The summed E-state index contributed by atoms with van der Waals surface area (Å²) in [5.74, 6) is 0.436. The molecule has 2 nitrogen and oxygen atoms in total. The van der Waals surface area contributed by atoms with E-state index in [9.17, 15) is 4.79 Å². The summed E-state index contributed by atoms with van der Waals surface area (Å²) in [5, 5.41) is 3.21. The molecular formula is C15H31NO. The Labute approximate surface area is 108 Å². The third-order valence-electron chi connectivity index (χ3n) is 3.31. The van der Waals surface area contributed by atoms with Gasteiger partial charge in [-0.1, -0.05) is 59.8 Å². The van der Waals surface area contributed by atoms with Gasteiger partial charge < -0.3 is 5.32 Å². The molecular weight excluding hydrogens is 210 g/mol. The molecule has 102 valence electrons. The molecule has 0 aliphatic rings.